The molecule has 0 spiro atoms. The summed E-state index contributed by atoms with van der Waals surface area (Å²) in [5.41, 5.74) is 0.469. The number of methoxy groups -OCH3 is 1. The van der Waals surface area contributed by atoms with E-state index in [2.05, 4.69) is 0 Å². The highest BCUT2D eigenvalue weighted by atomic mass is 32.2. The highest BCUT2D eigenvalue weighted by Crippen LogP contribution is 2.25. The van der Waals surface area contributed by atoms with Gasteiger partial charge in [-0.2, -0.15) is 8.42 Å². The molecule has 0 aromatic heterocycles. The summed E-state index contributed by atoms with van der Waals surface area (Å²) in [4.78, 5) is 11.7. The van der Waals surface area contributed by atoms with Crippen molar-refractivity contribution in [3.8, 4) is 11.5 Å². The first-order chi connectivity index (χ1) is 9.94. The molecule has 21 heavy (non-hydrogen) atoms. The zero-order chi connectivity index (χ0) is 15.5. The van der Waals surface area contributed by atoms with E-state index < -0.39 is 15.5 Å². The molecule has 0 heterocycles. The smallest absolute Gasteiger partial charge is 0.339 e. The van der Waals surface area contributed by atoms with Crippen LogP contribution in [0, 0.1) is 6.92 Å². The normalized spacial score (nSPS) is 11.0. The molecule has 0 amide bonds. The second kappa shape index (κ2) is 5.97. The second-order valence-corrected chi connectivity index (χ2v) is 5.88. The van der Waals surface area contributed by atoms with E-state index in [0.717, 1.165) is 5.56 Å². The number of ether oxygens (including phenoxy) is 1. The Balaban J connectivity index is 2.47. The van der Waals surface area contributed by atoms with Gasteiger partial charge in [-0.15, -0.1) is 0 Å². The minimum atomic E-state index is -4.03. The van der Waals surface area contributed by atoms with Crippen LogP contribution in [0.3, 0.4) is 0 Å². The van der Waals surface area contributed by atoms with Crippen LogP contribution in [0.1, 0.15) is 5.56 Å². The van der Waals surface area contributed by atoms with Gasteiger partial charge in [0.1, 0.15) is 4.90 Å². The minimum Gasteiger partial charge on any atom is -0.490 e. The molecule has 0 N–H and O–H groups in total. The highest BCUT2D eigenvalue weighted by Gasteiger charge is 2.19. The molecule has 2 aromatic carbocycles. The molecule has 0 saturated carbocycles. The Hall–Kier alpha value is -2.34. The molecule has 0 fully saturated rings. The van der Waals surface area contributed by atoms with Crippen molar-refractivity contribution in [3.05, 3.63) is 64.3 Å². The summed E-state index contributed by atoms with van der Waals surface area (Å²) in [5.74, 6) is -0.302. The molecule has 5 nitrogen and oxygen atoms in total. The van der Waals surface area contributed by atoms with Crippen molar-refractivity contribution in [1.29, 1.82) is 0 Å². The van der Waals surface area contributed by atoms with Crippen LogP contribution >= 0.6 is 0 Å². The Bertz CT molecular complexity index is 795. The van der Waals surface area contributed by atoms with E-state index in [1.54, 1.807) is 12.1 Å². The predicted molar refractivity (Wildman–Crippen MR) is 78.3 cm³/mol. The maximum atomic E-state index is 12.2. The molecule has 2 rings (SSSR count). The predicted octanol–water partition coefficient (Wildman–Crippen LogP) is 2.13. The van der Waals surface area contributed by atoms with Crippen LogP contribution in [-0.4, -0.2) is 15.5 Å². The molecule has 0 aliphatic rings. The van der Waals surface area contributed by atoms with E-state index in [0.29, 0.717) is 0 Å². The van der Waals surface area contributed by atoms with Gasteiger partial charge in [0.2, 0.25) is 11.2 Å². The first-order valence-electron chi connectivity index (χ1n) is 6.12. The molecule has 0 saturated heterocycles. The van der Waals surface area contributed by atoms with Gasteiger partial charge in [0.05, 0.1) is 7.11 Å². The van der Waals surface area contributed by atoms with E-state index >= 15 is 0 Å². The van der Waals surface area contributed by atoms with Gasteiger partial charge >= 0.3 is 10.1 Å². The Labute approximate surface area is 122 Å². The third-order valence-corrected chi connectivity index (χ3v) is 4.02. The summed E-state index contributed by atoms with van der Waals surface area (Å²) < 4.78 is 34.4. The van der Waals surface area contributed by atoms with Gasteiger partial charge in [-0.1, -0.05) is 29.8 Å². The van der Waals surface area contributed by atoms with E-state index in [1.807, 2.05) is 6.92 Å². The van der Waals surface area contributed by atoms with Gasteiger partial charge in [-0.25, -0.2) is 0 Å². The zero-order valence-electron chi connectivity index (χ0n) is 11.6. The Kier molecular flexibility index (Phi) is 4.28. The molecule has 0 atom stereocenters. The average molecular weight is 306 g/mol. The van der Waals surface area contributed by atoms with E-state index in [-0.39, 0.29) is 16.4 Å². The van der Waals surface area contributed by atoms with Gasteiger partial charge in [0.15, 0.2) is 5.75 Å². The molecular formula is C15H14O5S. The Morgan fingerprint density at radius 3 is 2.19 bits per heavy atom. The van der Waals surface area contributed by atoms with Crippen LogP contribution in [0.2, 0.25) is 0 Å². The fourth-order valence-corrected chi connectivity index (χ4v) is 2.63. The quantitative estimate of drug-likeness (QED) is 0.809. The number of hydrogen-bond donors (Lipinski definition) is 0. The molecule has 0 aliphatic carbocycles. The summed E-state index contributed by atoms with van der Waals surface area (Å²) in [6.07, 6.45) is 0. The number of hydrogen-bond acceptors (Lipinski definition) is 5. The minimum absolute atomic E-state index is 0.00843. The van der Waals surface area contributed by atoms with Gasteiger partial charge in [-0.3, -0.25) is 4.79 Å². The van der Waals surface area contributed by atoms with E-state index in [4.69, 9.17) is 8.92 Å². The van der Waals surface area contributed by atoms with Crippen molar-refractivity contribution in [2.75, 3.05) is 7.11 Å². The lowest BCUT2D eigenvalue weighted by Gasteiger charge is -2.08. The first-order valence-corrected chi connectivity index (χ1v) is 7.53. The molecule has 0 unspecified atom stereocenters. The fraction of sp³-hybridized carbons (Fsp3) is 0.133. The Morgan fingerprint density at radius 2 is 1.57 bits per heavy atom. The van der Waals surface area contributed by atoms with Gasteiger partial charge in [0, 0.05) is 0 Å². The monoisotopic (exact) mass is 306 g/mol. The molecule has 0 bridgehead atoms. The standard InChI is InChI=1S/C15H14O5S/c1-11-7-9-12(10-8-11)21(17,18)20-14-6-4-3-5-13(16)15(14)19-2/h3-10H,1-2H3. The maximum absolute atomic E-state index is 12.2. The molecule has 0 aliphatic heterocycles. The number of benzene rings is 1. The largest absolute Gasteiger partial charge is 0.490 e. The third-order valence-electron chi connectivity index (χ3n) is 2.77. The van der Waals surface area contributed by atoms with Crippen LogP contribution in [0.25, 0.3) is 0 Å². The molecular weight excluding hydrogens is 292 g/mol. The average Bonchev–Trinajstić information content (AvgIpc) is 2.60. The lowest BCUT2D eigenvalue weighted by molar-refractivity contribution is 0.388. The maximum Gasteiger partial charge on any atom is 0.339 e. The lowest BCUT2D eigenvalue weighted by atomic mass is 10.2. The summed E-state index contributed by atoms with van der Waals surface area (Å²) in [7, 11) is -2.75. The SMILES string of the molecule is COc1c(OS(=O)(=O)c2ccc(C)cc2)ccccc1=O. The van der Waals surface area contributed by atoms with Crippen LogP contribution < -0.4 is 14.3 Å². The van der Waals surface area contributed by atoms with Crippen LogP contribution in [0.5, 0.6) is 11.5 Å². The van der Waals surface area contributed by atoms with Crippen molar-refractivity contribution >= 4 is 10.1 Å². The van der Waals surface area contributed by atoms with Crippen molar-refractivity contribution in [3.63, 3.8) is 0 Å². The van der Waals surface area contributed by atoms with Gasteiger partial charge < -0.3 is 8.92 Å². The highest BCUT2D eigenvalue weighted by molar-refractivity contribution is 7.87. The summed E-state index contributed by atoms with van der Waals surface area (Å²) in [6.45, 7) is 1.85. The Morgan fingerprint density at radius 1 is 0.952 bits per heavy atom. The van der Waals surface area contributed by atoms with E-state index in [1.165, 1.54) is 43.5 Å². The van der Waals surface area contributed by atoms with Crippen molar-refractivity contribution in [1.82, 2.24) is 0 Å². The number of aryl methyl sites for hydroxylation is 1. The molecule has 6 heteroatoms. The van der Waals surface area contributed by atoms with Crippen LogP contribution in [0.4, 0.5) is 0 Å². The van der Waals surface area contributed by atoms with E-state index in [9.17, 15) is 13.2 Å². The number of rotatable bonds is 4. The topological polar surface area (TPSA) is 69.7 Å². The summed E-state index contributed by atoms with van der Waals surface area (Å²) in [5, 5.41) is 0. The molecule has 2 aromatic rings. The van der Waals surface area contributed by atoms with Crippen LogP contribution in [0.15, 0.2) is 58.2 Å². The second-order valence-electron chi connectivity index (χ2n) is 4.33. The van der Waals surface area contributed by atoms with Gasteiger partial charge in [-0.05, 0) is 31.2 Å². The zero-order valence-corrected chi connectivity index (χ0v) is 12.4. The van der Waals surface area contributed by atoms with Crippen molar-refractivity contribution in [2.45, 2.75) is 11.8 Å². The molecule has 0 radical (unpaired) electrons. The summed E-state index contributed by atoms with van der Waals surface area (Å²) >= 11 is 0. The fourth-order valence-electron chi connectivity index (χ4n) is 1.70. The first kappa shape index (κ1) is 15.1. The molecule has 110 valence electrons. The third kappa shape index (κ3) is 3.41. The lowest BCUT2D eigenvalue weighted by Crippen LogP contribution is -2.12. The summed E-state index contributed by atoms with van der Waals surface area (Å²) in [6, 6.07) is 11.8. The van der Waals surface area contributed by atoms with Crippen molar-refractivity contribution in [2.24, 2.45) is 0 Å². The van der Waals surface area contributed by atoms with Gasteiger partial charge in [0.25, 0.3) is 0 Å². The van der Waals surface area contributed by atoms with Crippen LogP contribution in [-0.2, 0) is 10.1 Å². The van der Waals surface area contributed by atoms with Crippen molar-refractivity contribution < 1.29 is 17.3 Å².